The minimum atomic E-state index is -4.55. The number of primary amides is 1. The number of aryl methyl sites for hydroxylation is 1. The predicted octanol–water partition coefficient (Wildman–Crippen LogP) is 4.33. The van der Waals surface area contributed by atoms with E-state index in [0.29, 0.717) is 41.8 Å². The van der Waals surface area contributed by atoms with E-state index in [1.807, 2.05) is 0 Å². The molecular formula is C18H14ClF3N4O2S. The highest BCUT2D eigenvalue weighted by Crippen LogP contribution is 2.37. The molecule has 0 fully saturated rings. The van der Waals surface area contributed by atoms with Crippen LogP contribution in [0.15, 0.2) is 40.6 Å². The van der Waals surface area contributed by atoms with Gasteiger partial charge in [-0.3, -0.25) is 4.79 Å². The monoisotopic (exact) mass is 442 g/mol. The van der Waals surface area contributed by atoms with Gasteiger partial charge in [-0.05, 0) is 42.4 Å². The summed E-state index contributed by atoms with van der Waals surface area (Å²) in [5.74, 6) is -0.607. The van der Waals surface area contributed by atoms with Gasteiger partial charge in [0.05, 0.1) is 21.6 Å². The second kappa shape index (κ2) is 8.42. The van der Waals surface area contributed by atoms with Gasteiger partial charge in [0.25, 0.3) is 0 Å². The largest absolute Gasteiger partial charge is 0.417 e. The normalized spacial score (nSPS) is 11.7. The third kappa shape index (κ3) is 4.70. The second-order valence-electron chi connectivity index (χ2n) is 6.03. The maximum absolute atomic E-state index is 12.8. The number of rotatable bonds is 7. The van der Waals surface area contributed by atoms with Gasteiger partial charge in [0, 0.05) is 24.7 Å². The van der Waals surface area contributed by atoms with Crippen LogP contribution in [0, 0.1) is 0 Å². The van der Waals surface area contributed by atoms with Crippen molar-refractivity contribution in [1.82, 2.24) is 14.5 Å². The van der Waals surface area contributed by atoms with Crippen molar-refractivity contribution in [3.8, 4) is 0 Å². The smallest absolute Gasteiger partial charge is 0.366 e. The molecule has 0 aliphatic carbocycles. The van der Waals surface area contributed by atoms with Gasteiger partial charge >= 0.3 is 6.18 Å². The molecule has 3 aromatic rings. The van der Waals surface area contributed by atoms with Crippen molar-refractivity contribution in [3.05, 3.63) is 46.6 Å². The first kappa shape index (κ1) is 21.1. The van der Waals surface area contributed by atoms with Crippen LogP contribution < -0.4 is 5.73 Å². The van der Waals surface area contributed by atoms with Crippen LogP contribution in [0.5, 0.6) is 0 Å². The molecule has 2 heterocycles. The Morgan fingerprint density at radius 3 is 2.69 bits per heavy atom. The van der Waals surface area contributed by atoms with Gasteiger partial charge in [-0.1, -0.05) is 11.6 Å². The van der Waals surface area contributed by atoms with Gasteiger partial charge in [0.15, 0.2) is 5.16 Å². The molecule has 0 radical (unpaired) electrons. The number of pyridine rings is 1. The van der Waals surface area contributed by atoms with E-state index in [4.69, 9.17) is 17.3 Å². The lowest BCUT2D eigenvalue weighted by Gasteiger charge is -2.10. The first-order chi connectivity index (χ1) is 13.7. The van der Waals surface area contributed by atoms with E-state index in [0.717, 1.165) is 24.1 Å². The summed E-state index contributed by atoms with van der Waals surface area (Å²) >= 11 is 7.00. The molecule has 1 aromatic carbocycles. The third-order valence-electron chi connectivity index (χ3n) is 4.02. The maximum atomic E-state index is 12.8. The average Bonchev–Trinajstić information content (AvgIpc) is 2.99. The molecule has 2 aromatic heterocycles. The molecule has 0 spiro atoms. The Balaban J connectivity index is 2.01. The van der Waals surface area contributed by atoms with Crippen molar-refractivity contribution in [2.24, 2.45) is 5.73 Å². The van der Waals surface area contributed by atoms with Gasteiger partial charge in [0.1, 0.15) is 11.3 Å². The number of alkyl halides is 3. The number of nitrogens with zero attached hydrogens (tertiary/aromatic N) is 3. The molecule has 6 nitrogen and oxygen atoms in total. The van der Waals surface area contributed by atoms with E-state index in [-0.39, 0.29) is 15.6 Å². The molecule has 0 saturated heterocycles. The number of hydrogen-bond acceptors (Lipinski definition) is 5. The third-order valence-corrected chi connectivity index (χ3v) is 5.44. The Morgan fingerprint density at radius 2 is 2.07 bits per heavy atom. The SMILES string of the molecule is NC(=O)c1ccc2c(c1)nc(Sc1ncc(C(F)(F)F)cc1Cl)n2CCCC=O. The van der Waals surface area contributed by atoms with Crippen LogP contribution in [-0.2, 0) is 17.5 Å². The number of aromatic nitrogens is 3. The number of imidazole rings is 1. The number of hydrogen-bond donors (Lipinski definition) is 1. The molecule has 0 unspecified atom stereocenters. The fourth-order valence-electron chi connectivity index (χ4n) is 2.63. The number of carbonyl (C=O) groups is 2. The molecule has 11 heteroatoms. The fourth-order valence-corrected chi connectivity index (χ4v) is 3.79. The first-order valence-electron chi connectivity index (χ1n) is 8.35. The van der Waals surface area contributed by atoms with Gasteiger partial charge in [-0.2, -0.15) is 13.2 Å². The molecule has 1 amide bonds. The number of benzene rings is 1. The lowest BCUT2D eigenvalue weighted by atomic mass is 10.2. The lowest BCUT2D eigenvalue weighted by molar-refractivity contribution is -0.137. The summed E-state index contributed by atoms with van der Waals surface area (Å²) in [5.41, 5.74) is 5.80. The molecule has 29 heavy (non-hydrogen) atoms. The van der Waals surface area contributed by atoms with E-state index in [1.54, 1.807) is 16.7 Å². The van der Waals surface area contributed by atoms with Crippen LogP contribution >= 0.6 is 23.4 Å². The molecule has 3 rings (SSSR count). The molecule has 0 aliphatic heterocycles. The summed E-state index contributed by atoms with van der Waals surface area (Å²) in [6.45, 7) is 0.436. The number of carbonyl (C=O) groups excluding carboxylic acids is 2. The first-order valence-corrected chi connectivity index (χ1v) is 9.54. The van der Waals surface area contributed by atoms with Crippen molar-refractivity contribution >= 4 is 46.6 Å². The number of aldehydes is 1. The minimum absolute atomic E-state index is 0.154. The summed E-state index contributed by atoms with van der Waals surface area (Å²) in [5, 5.41) is 0.414. The highest BCUT2D eigenvalue weighted by Gasteiger charge is 2.31. The van der Waals surface area contributed by atoms with Crippen molar-refractivity contribution < 1.29 is 22.8 Å². The quantitative estimate of drug-likeness (QED) is 0.434. The van der Waals surface area contributed by atoms with E-state index in [2.05, 4.69) is 9.97 Å². The molecular weight excluding hydrogens is 429 g/mol. The predicted molar refractivity (Wildman–Crippen MR) is 102 cm³/mol. The fraction of sp³-hybridized carbons (Fsp3) is 0.222. The number of nitrogens with two attached hydrogens (primary N) is 1. The standard InChI is InChI=1S/C18H14ClF3N4O2S/c19-12-8-11(18(20,21)22)9-24-16(12)29-17-25-13-7-10(15(23)28)3-4-14(13)26(17)5-1-2-6-27/h3-4,6-9H,1-2,5H2,(H2,23,28). The zero-order valence-corrected chi connectivity index (χ0v) is 16.3. The highest BCUT2D eigenvalue weighted by molar-refractivity contribution is 7.99. The second-order valence-corrected chi connectivity index (χ2v) is 7.40. The van der Waals surface area contributed by atoms with Crippen LogP contribution in [0.3, 0.4) is 0 Å². The van der Waals surface area contributed by atoms with Crippen LogP contribution in [0.4, 0.5) is 13.2 Å². The molecule has 0 atom stereocenters. The van der Waals surface area contributed by atoms with Gasteiger partial charge in [0.2, 0.25) is 5.91 Å². The van der Waals surface area contributed by atoms with Crippen LogP contribution in [0.2, 0.25) is 5.02 Å². The van der Waals surface area contributed by atoms with Crippen molar-refractivity contribution in [3.63, 3.8) is 0 Å². The number of fused-ring (bicyclic) bond motifs is 1. The molecule has 0 bridgehead atoms. The summed E-state index contributed by atoms with van der Waals surface area (Å²) in [7, 11) is 0. The van der Waals surface area contributed by atoms with Gasteiger partial charge < -0.3 is 15.1 Å². The molecule has 2 N–H and O–H groups in total. The average molecular weight is 443 g/mol. The van der Waals surface area contributed by atoms with Crippen LogP contribution in [0.1, 0.15) is 28.8 Å². The Labute approximate surface area is 172 Å². The zero-order chi connectivity index (χ0) is 21.2. The van der Waals surface area contributed by atoms with Gasteiger partial charge in [-0.15, -0.1) is 0 Å². The van der Waals surface area contributed by atoms with Crippen LogP contribution in [0.25, 0.3) is 11.0 Å². The minimum Gasteiger partial charge on any atom is -0.366 e. The van der Waals surface area contributed by atoms with Crippen molar-refractivity contribution in [1.29, 1.82) is 0 Å². The lowest BCUT2D eigenvalue weighted by Crippen LogP contribution is -2.10. The summed E-state index contributed by atoms with van der Waals surface area (Å²) in [6, 6.07) is 5.57. The van der Waals surface area contributed by atoms with E-state index in [9.17, 15) is 22.8 Å². The molecule has 0 saturated carbocycles. The van der Waals surface area contributed by atoms with Crippen molar-refractivity contribution in [2.45, 2.75) is 35.7 Å². The highest BCUT2D eigenvalue weighted by atomic mass is 35.5. The van der Waals surface area contributed by atoms with Crippen molar-refractivity contribution in [2.75, 3.05) is 0 Å². The number of amides is 1. The molecule has 152 valence electrons. The van der Waals surface area contributed by atoms with E-state index in [1.165, 1.54) is 6.07 Å². The maximum Gasteiger partial charge on any atom is 0.417 e. The van der Waals surface area contributed by atoms with E-state index >= 15 is 0 Å². The number of unbranched alkanes of at least 4 members (excludes halogenated alkanes) is 1. The Bertz CT molecular complexity index is 1080. The summed E-state index contributed by atoms with van der Waals surface area (Å²) in [6.07, 6.45) is -2.17. The van der Waals surface area contributed by atoms with E-state index < -0.39 is 17.6 Å². The number of halogens is 4. The Morgan fingerprint density at radius 1 is 1.31 bits per heavy atom. The Hall–Kier alpha value is -2.59. The topological polar surface area (TPSA) is 90.9 Å². The summed E-state index contributed by atoms with van der Waals surface area (Å²) in [4.78, 5) is 30.3. The Kier molecular flexibility index (Phi) is 6.13. The summed E-state index contributed by atoms with van der Waals surface area (Å²) < 4.78 is 40.2. The molecule has 0 aliphatic rings. The zero-order valence-electron chi connectivity index (χ0n) is 14.7. The van der Waals surface area contributed by atoms with Gasteiger partial charge in [-0.25, -0.2) is 9.97 Å². The van der Waals surface area contributed by atoms with Crippen LogP contribution in [-0.4, -0.2) is 26.7 Å².